The van der Waals surface area contributed by atoms with Gasteiger partial charge >= 0.3 is 6.09 Å². The molecule has 18 heavy (non-hydrogen) atoms. The Kier molecular flexibility index (Phi) is 3.59. The number of nitrogens with zero attached hydrogens (tertiary/aromatic N) is 3. The van der Waals surface area contributed by atoms with Crippen LogP contribution in [0.5, 0.6) is 0 Å². The first-order valence-corrected chi connectivity index (χ1v) is 6.43. The molecule has 1 aliphatic heterocycles. The Morgan fingerprint density at radius 1 is 1.44 bits per heavy atom. The highest BCUT2D eigenvalue weighted by atomic mass is 16.6. The maximum absolute atomic E-state index is 12.0. The number of hydrogen-bond donors (Lipinski definition) is 0. The van der Waals surface area contributed by atoms with Crippen molar-refractivity contribution in [3.63, 3.8) is 0 Å². The Morgan fingerprint density at radius 3 is 2.83 bits per heavy atom. The molecule has 0 radical (unpaired) electrons. The quantitative estimate of drug-likeness (QED) is 0.770. The topological polar surface area (TPSA) is 47.4 Å². The van der Waals surface area contributed by atoms with Crippen LogP contribution in [0.4, 0.5) is 4.79 Å². The third kappa shape index (κ3) is 3.24. The molecule has 1 aliphatic rings. The Hall–Kier alpha value is -1.52. The van der Waals surface area contributed by atoms with Crippen molar-refractivity contribution in [3.05, 3.63) is 18.5 Å². The molecular weight excluding hydrogens is 230 g/mol. The molecule has 0 aliphatic carbocycles. The van der Waals surface area contributed by atoms with E-state index in [0.717, 1.165) is 19.4 Å². The summed E-state index contributed by atoms with van der Waals surface area (Å²) >= 11 is 0. The molecule has 2 heterocycles. The van der Waals surface area contributed by atoms with E-state index in [1.54, 1.807) is 11.1 Å². The molecule has 1 aromatic rings. The summed E-state index contributed by atoms with van der Waals surface area (Å²) in [6.45, 7) is 7.11. The van der Waals surface area contributed by atoms with Crippen molar-refractivity contribution >= 4 is 6.09 Å². The SMILES string of the molecule is CC(C)(C)OC(=O)N1CCC[C@H](n2cccn2)C1. The number of rotatable bonds is 1. The molecule has 0 saturated carbocycles. The lowest BCUT2D eigenvalue weighted by molar-refractivity contribution is 0.0167. The first-order valence-electron chi connectivity index (χ1n) is 6.43. The van der Waals surface area contributed by atoms with E-state index in [1.165, 1.54) is 0 Å². The number of likely N-dealkylation sites (tertiary alicyclic amines) is 1. The monoisotopic (exact) mass is 251 g/mol. The average molecular weight is 251 g/mol. The molecule has 100 valence electrons. The van der Waals surface area contributed by atoms with Crippen molar-refractivity contribution in [1.29, 1.82) is 0 Å². The highest BCUT2D eigenvalue weighted by molar-refractivity contribution is 5.68. The smallest absolute Gasteiger partial charge is 0.410 e. The minimum absolute atomic E-state index is 0.223. The predicted octanol–water partition coefficient (Wildman–Crippen LogP) is 2.46. The Balaban J connectivity index is 1.96. The van der Waals surface area contributed by atoms with Gasteiger partial charge in [-0.15, -0.1) is 0 Å². The number of amides is 1. The van der Waals surface area contributed by atoms with Gasteiger partial charge in [-0.2, -0.15) is 5.10 Å². The molecule has 1 atom stereocenters. The summed E-state index contributed by atoms with van der Waals surface area (Å²) in [6.07, 6.45) is 5.54. The number of carbonyl (C=O) groups excluding carboxylic acids is 1. The number of hydrogen-bond acceptors (Lipinski definition) is 3. The summed E-state index contributed by atoms with van der Waals surface area (Å²) in [5.74, 6) is 0. The minimum atomic E-state index is -0.435. The van der Waals surface area contributed by atoms with Gasteiger partial charge in [-0.05, 0) is 39.7 Å². The lowest BCUT2D eigenvalue weighted by atomic mass is 10.1. The standard InChI is InChI=1S/C13H21N3O2/c1-13(2,3)18-12(17)15-8-4-6-11(10-15)16-9-5-7-14-16/h5,7,9,11H,4,6,8,10H2,1-3H3/t11-/m0/s1. The molecule has 0 N–H and O–H groups in total. The lowest BCUT2D eigenvalue weighted by Crippen LogP contribution is -2.43. The van der Waals surface area contributed by atoms with Crippen LogP contribution in [0.15, 0.2) is 18.5 Å². The fraction of sp³-hybridized carbons (Fsp3) is 0.692. The van der Waals surface area contributed by atoms with E-state index >= 15 is 0 Å². The zero-order valence-electron chi connectivity index (χ0n) is 11.3. The molecular formula is C13H21N3O2. The molecule has 0 bridgehead atoms. The van der Waals surface area contributed by atoms with E-state index in [1.807, 2.05) is 37.7 Å². The van der Waals surface area contributed by atoms with Crippen LogP contribution in [0.25, 0.3) is 0 Å². The molecule has 1 aromatic heterocycles. The van der Waals surface area contributed by atoms with E-state index in [9.17, 15) is 4.79 Å². The van der Waals surface area contributed by atoms with Gasteiger partial charge in [0.1, 0.15) is 5.60 Å². The zero-order chi connectivity index (χ0) is 13.2. The molecule has 0 spiro atoms. The van der Waals surface area contributed by atoms with Gasteiger partial charge in [0.05, 0.1) is 6.04 Å². The van der Waals surface area contributed by atoms with Crippen LogP contribution in [0.1, 0.15) is 39.7 Å². The second-order valence-corrected chi connectivity index (χ2v) is 5.71. The van der Waals surface area contributed by atoms with Crippen LogP contribution >= 0.6 is 0 Å². The Labute approximate surface area is 108 Å². The van der Waals surface area contributed by atoms with E-state index in [4.69, 9.17) is 4.74 Å². The number of ether oxygens (including phenoxy) is 1. The first kappa shape index (κ1) is 12.9. The fourth-order valence-electron chi connectivity index (χ4n) is 2.16. The van der Waals surface area contributed by atoms with E-state index < -0.39 is 5.60 Å². The molecule has 1 fully saturated rings. The van der Waals surface area contributed by atoms with Crippen LogP contribution in [0.3, 0.4) is 0 Å². The summed E-state index contributed by atoms with van der Waals surface area (Å²) < 4.78 is 7.33. The second kappa shape index (κ2) is 5.00. The highest BCUT2D eigenvalue weighted by Crippen LogP contribution is 2.22. The predicted molar refractivity (Wildman–Crippen MR) is 68.3 cm³/mol. The van der Waals surface area contributed by atoms with Crippen molar-refractivity contribution in [2.24, 2.45) is 0 Å². The lowest BCUT2D eigenvalue weighted by Gasteiger charge is -2.34. The Bertz CT molecular complexity index is 395. The molecule has 5 heteroatoms. The molecule has 0 unspecified atom stereocenters. The second-order valence-electron chi connectivity index (χ2n) is 5.71. The van der Waals surface area contributed by atoms with Crippen LogP contribution in [0, 0.1) is 0 Å². The summed E-state index contributed by atoms with van der Waals surface area (Å²) in [7, 11) is 0. The van der Waals surface area contributed by atoms with Gasteiger partial charge in [0, 0.05) is 25.5 Å². The summed E-state index contributed by atoms with van der Waals surface area (Å²) in [6, 6.07) is 2.17. The van der Waals surface area contributed by atoms with Gasteiger partial charge in [-0.1, -0.05) is 0 Å². The van der Waals surface area contributed by atoms with Crippen molar-refractivity contribution in [2.45, 2.75) is 45.3 Å². The molecule has 0 aromatic carbocycles. The zero-order valence-corrected chi connectivity index (χ0v) is 11.3. The largest absolute Gasteiger partial charge is 0.444 e. The van der Waals surface area contributed by atoms with Crippen molar-refractivity contribution in [2.75, 3.05) is 13.1 Å². The van der Waals surface area contributed by atoms with Gasteiger partial charge in [-0.25, -0.2) is 4.79 Å². The van der Waals surface area contributed by atoms with Crippen LogP contribution in [0.2, 0.25) is 0 Å². The molecule has 5 nitrogen and oxygen atoms in total. The molecule has 1 saturated heterocycles. The normalized spacial score (nSPS) is 20.8. The minimum Gasteiger partial charge on any atom is -0.444 e. The maximum atomic E-state index is 12.0. The summed E-state index contributed by atoms with van der Waals surface area (Å²) in [5, 5.41) is 4.25. The van der Waals surface area contributed by atoms with Gasteiger partial charge in [0.2, 0.25) is 0 Å². The van der Waals surface area contributed by atoms with Crippen molar-refractivity contribution in [1.82, 2.24) is 14.7 Å². The van der Waals surface area contributed by atoms with E-state index in [-0.39, 0.29) is 12.1 Å². The van der Waals surface area contributed by atoms with Crippen molar-refractivity contribution in [3.8, 4) is 0 Å². The van der Waals surface area contributed by atoms with Crippen molar-refractivity contribution < 1.29 is 9.53 Å². The van der Waals surface area contributed by atoms with Crippen LogP contribution in [-0.2, 0) is 4.74 Å². The van der Waals surface area contributed by atoms with Gasteiger partial charge < -0.3 is 9.64 Å². The van der Waals surface area contributed by atoms with Gasteiger partial charge in [-0.3, -0.25) is 4.68 Å². The Morgan fingerprint density at radius 2 is 2.22 bits per heavy atom. The third-order valence-electron chi connectivity index (χ3n) is 2.95. The maximum Gasteiger partial charge on any atom is 0.410 e. The molecule has 2 rings (SSSR count). The molecule has 1 amide bonds. The number of carbonyl (C=O) groups is 1. The highest BCUT2D eigenvalue weighted by Gasteiger charge is 2.28. The van der Waals surface area contributed by atoms with E-state index in [0.29, 0.717) is 6.54 Å². The average Bonchev–Trinajstić information content (AvgIpc) is 2.80. The number of piperidine rings is 1. The number of aromatic nitrogens is 2. The van der Waals surface area contributed by atoms with E-state index in [2.05, 4.69) is 5.10 Å². The fourth-order valence-corrected chi connectivity index (χ4v) is 2.16. The summed E-state index contributed by atoms with van der Waals surface area (Å²) in [4.78, 5) is 13.8. The first-order chi connectivity index (χ1) is 8.46. The van der Waals surface area contributed by atoms with Gasteiger partial charge in [0.25, 0.3) is 0 Å². The van der Waals surface area contributed by atoms with Gasteiger partial charge in [0.15, 0.2) is 0 Å². The summed E-state index contributed by atoms with van der Waals surface area (Å²) in [5.41, 5.74) is -0.435. The van der Waals surface area contributed by atoms with Crippen LogP contribution < -0.4 is 0 Å². The van der Waals surface area contributed by atoms with Crippen LogP contribution in [-0.4, -0.2) is 39.5 Å². The third-order valence-corrected chi connectivity index (χ3v) is 2.95.